The zero-order valence-corrected chi connectivity index (χ0v) is 14.1. The van der Waals surface area contributed by atoms with Crippen LogP contribution in [0.5, 0.6) is 0 Å². The van der Waals surface area contributed by atoms with Crippen LogP contribution >= 0.6 is 11.6 Å². The summed E-state index contributed by atoms with van der Waals surface area (Å²) in [6, 6.07) is 13.0. The van der Waals surface area contributed by atoms with E-state index in [4.69, 9.17) is 11.6 Å². The lowest BCUT2D eigenvalue weighted by molar-refractivity contribution is 0.0938. The minimum absolute atomic E-state index is 0.294. The number of rotatable bonds is 3. The summed E-state index contributed by atoms with van der Waals surface area (Å²) in [6.45, 7) is 3.52. The number of nitrogens with zero attached hydrogens (tertiary/aromatic N) is 1. The van der Waals surface area contributed by atoms with Crippen molar-refractivity contribution in [3.8, 4) is 0 Å². The number of aromatic nitrogens is 1. The van der Waals surface area contributed by atoms with E-state index in [-0.39, 0.29) is 11.7 Å². The number of fused-ring (bicyclic) bond motifs is 1. The molecule has 122 valence electrons. The number of halogens is 2. The molecular formula is C19H16ClFN2O. The second-order valence-electron chi connectivity index (χ2n) is 5.68. The molecule has 1 atom stereocenters. The molecule has 3 rings (SSSR count). The van der Waals surface area contributed by atoms with Crippen LogP contribution in [0.15, 0.2) is 48.5 Å². The third-order valence-electron chi connectivity index (χ3n) is 3.93. The van der Waals surface area contributed by atoms with Gasteiger partial charge in [-0.2, -0.15) is 0 Å². The summed E-state index contributed by atoms with van der Waals surface area (Å²) < 4.78 is 13.8. The fourth-order valence-electron chi connectivity index (χ4n) is 2.65. The smallest absolute Gasteiger partial charge is 0.253 e. The number of nitrogens with one attached hydrogen (secondary N) is 1. The van der Waals surface area contributed by atoms with Gasteiger partial charge in [0.1, 0.15) is 5.82 Å². The van der Waals surface area contributed by atoms with E-state index in [0.29, 0.717) is 21.8 Å². The number of hydrogen-bond donors (Lipinski definition) is 1. The lowest BCUT2D eigenvalue weighted by Gasteiger charge is -2.16. The highest BCUT2D eigenvalue weighted by Crippen LogP contribution is 2.22. The van der Waals surface area contributed by atoms with Crippen molar-refractivity contribution in [1.29, 1.82) is 0 Å². The number of carbonyl (C=O) groups is 1. The molecular weight excluding hydrogens is 327 g/mol. The topological polar surface area (TPSA) is 42.0 Å². The Hall–Kier alpha value is -2.46. The van der Waals surface area contributed by atoms with Gasteiger partial charge < -0.3 is 5.32 Å². The lowest BCUT2D eigenvalue weighted by Crippen LogP contribution is -2.28. The summed E-state index contributed by atoms with van der Waals surface area (Å²) in [7, 11) is 0. The van der Waals surface area contributed by atoms with E-state index in [1.54, 1.807) is 50.2 Å². The van der Waals surface area contributed by atoms with Crippen LogP contribution in [0.25, 0.3) is 10.9 Å². The highest BCUT2D eigenvalue weighted by atomic mass is 35.5. The molecule has 3 aromatic rings. The Bertz CT molecular complexity index is 926. The number of aryl methyl sites for hydroxylation is 1. The molecule has 0 unspecified atom stereocenters. The van der Waals surface area contributed by atoms with Crippen LogP contribution < -0.4 is 5.32 Å². The highest BCUT2D eigenvalue weighted by molar-refractivity contribution is 6.31. The first-order valence-electron chi connectivity index (χ1n) is 7.58. The Morgan fingerprint density at radius 2 is 1.96 bits per heavy atom. The number of amides is 1. The summed E-state index contributed by atoms with van der Waals surface area (Å²) in [5.41, 5.74) is 2.28. The monoisotopic (exact) mass is 342 g/mol. The summed E-state index contributed by atoms with van der Waals surface area (Å²) in [5.74, 6) is -0.636. The first kappa shape index (κ1) is 16.4. The molecule has 0 saturated carbocycles. The molecule has 0 spiro atoms. The fourth-order valence-corrected chi connectivity index (χ4v) is 2.83. The molecule has 1 heterocycles. The van der Waals surface area contributed by atoms with E-state index in [1.165, 1.54) is 6.07 Å². The van der Waals surface area contributed by atoms with Crippen molar-refractivity contribution in [2.75, 3.05) is 0 Å². The maximum atomic E-state index is 13.8. The molecule has 0 fully saturated rings. The minimum atomic E-state index is -0.451. The standard InChI is InChI=1S/C19H16ClFN2O/c1-11(15-5-3-4-6-17(15)21)23-19(24)16-10-13-9-14(20)7-8-18(13)22-12(16)2/h3-11H,1-2H3,(H,23,24)/t11-/m0/s1. The highest BCUT2D eigenvalue weighted by Gasteiger charge is 2.17. The van der Waals surface area contributed by atoms with Crippen molar-refractivity contribution in [2.45, 2.75) is 19.9 Å². The maximum Gasteiger partial charge on any atom is 0.253 e. The summed E-state index contributed by atoms with van der Waals surface area (Å²) in [5, 5.41) is 4.19. The lowest BCUT2D eigenvalue weighted by atomic mass is 10.1. The van der Waals surface area contributed by atoms with E-state index in [2.05, 4.69) is 10.3 Å². The van der Waals surface area contributed by atoms with Crippen molar-refractivity contribution < 1.29 is 9.18 Å². The molecule has 0 aliphatic rings. The van der Waals surface area contributed by atoms with Gasteiger partial charge in [0.15, 0.2) is 0 Å². The van der Waals surface area contributed by atoms with Gasteiger partial charge in [-0.3, -0.25) is 9.78 Å². The van der Waals surface area contributed by atoms with Crippen molar-refractivity contribution in [2.24, 2.45) is 0 Å². The van der Waals surface area contributed by atoms with Gasteiger partial charge in [0.05, 0.1) is 22.8 Å². The van der Waals surface area contributed by atoms with Crippen LogP contribution in [0.3, 0.4) is 0 Å². The number of pyridine rings is 1. The average molecular weight is 343 g/mol. The number of carbonyl (C=O) groups excluding carboxylic acids is 1. The Kier molecular flexibility index (Phi) is 4.49. The van der Waals surface area contributed by atoms with Crippen LogP contribution in [0.1, 0.15) is 34.6 Å². The summed E-state index contributed by atoms with van der Waals surface area (Å²) in [4.78, 5) is 17.0. The normalized spacial score (nSPS) is 12.2. The second-order valence-corrected chi connectivity index (χ2v) is 6.11. The Labute approximate surface area is 144 Å². The zero-order valence-electron chi connectivity index (χ0n) is 13.3. The third-order valence-corrected chi connectivity index (χ3v) is 4.17. The Morgan fingerprint density at radius 3 is 2.71 bits per heavy atom. The molecule has 1 N–H and O–H groups in total. The molecule has 0 saturated heterocycles. The van der Waals surface area contributed by atoms with Crippen molar-refractivity contribution in [1.82, 2.24) is 10.3 Å². The van der Waals surface area contributed by atoms with Gasteiger partial charge in [-0.15, -0.1) is 0 Å². The number of hydrogen-bond acceptors (Lipinski definition) is 2. The Balaban J connectivity index is 1.91. The van der Waals surface area contributed by atoms with E-state index < -0.39 is 6.04 Å². The van der Waals surface area contributed by atoms with Gasteiger partial charge in [0, 0.05) is 16.0 Å². The largest absolute Gasteiger partial charge is 0.345 e. The molecule has 1 aromatic heterocycles. The van der Waals surface area contributed by atoms with Gasteiger partial charge >= 0.3 is 0 Å². The molecule has 3 nitrogen and oxygen atoms in total. The van der Waals surface area contributed by atoms with E-state index >= 15 is 0 Å². The van der Waals surface area contributed by atoms with Crippen LogP contribution in [-0.2, 0) is 0 Å². The first-order chi connectivity index (χ1) is 11.5. The van der Waals surface area contributed by atoms with Crippen LogP contribution in [0.4, 0.5) is 4.39 Å². The van der Waals surface area contributed by atoms with E-state index in [0.717, 1.165) is 10.9 Å². The predicted molar refractivity (Wildman–Crippen MR) is 93.8 cm³/mol. The van der Waals surface area contributed by atoms with Crippen LogP contribution in [0.2, 0.25) is 5.02 Å². The van der Waals surface area contributed by atoms with E-state index in [1.807, 2.05) is 6.07 Å². The predicted octanol–water partition coefficient (Wildman–Crippen LogP) is 4.83. The van der Waals surface area contributed by atoms with Crippen LogP contribution in [0, 0.1) is 12.7 Å². The quantitative estimate of drug-likeness (QED) is 0.741. The first-order valence-corrected chi connectivity index (χ1v) is 7.95. The average Bonchev–Trinajstić information content (AvgIpc) is 2.54. The molecule has 1 amide bonds. The third kappa shape index (κ3) is 3.24. The molecule has 0 radical (unpaired) electrons. The number of benzene rings is 2. The summed E-state index contributed by atoms with van der Waals surface area (Å²) in [6.07, 6.45) is 0. The van der Waals surface area contributed by atoms with Crippen molar-refractivity contribution >= 4 is 28.4 Å². The minimum Gasteiger partial charge on any atom is -0.345 e. The summed E-state index contributed by atoms with van der Waals surface area (Å²) >= 11 is 6.00. The molecule has 5 heteroatoms. The molecule has 0 aliphatic carbocycles. The maximum absolute atomic E-state index is 13.8. The fraction of sp³-hybridized carbons (Fsp3) is 0.158. The second kappa shape index (κ2) is 6.57. The van der Waals surface area contributed by atoms with Crippen LogP contribution in [-0.4, -0.2) is 10.9 Å². The van der Waals surface area contributed by atoms with Gasteiger partial charge in [-0.1, -0.05) is 29.8 Å². The van der Waals surface area contributed by atoms with Crippen molar-refractivity contribution in [3.63, 3.8) is 0 Å². The SMILES string of the molecule is Cc1nc2ccc(Cl)cc2cc1C(=O)N[C@@H](C)c1ccccc1F. The zero-order chi connectivity index (χ0) is 17.3. The van der Waals surface area contributed by atoms with E-state index in [9.17, 15) is 9.18 Å². The Morgan fingerprint density at radius 1 is 1.21 bits per heavy atom. The van der Waals surface area contributed by atoms with Crippen molar-refractivity contribution in [3.05, 3.63) is 76.2 Å². The molecule has 24 heavy (non-hydrogen) atoms. The van der Waals surface area contributed by atoms with Gasteiger partial charge in [-0.05, 0) is 44.2 Å². The van der Waals surface area contributed by atoms with Gasteiger partial charge in [-0.25, -0.2) is 4.39 Å². The molecule has 2 aromatic carbocycles. The van der Waals surface area contributed by atoms with Gasteiger partial charge in [0.2, 0.25) is 0 Å². The molecule has 0 bridgehead atoms. The molecule has 0 aliphatic heterocycles. The van der Waals surface area contributed by atoms with Gasteiger partial charge in [0.25, 0.3) is 5.91 Å².